The minimum absolute atomic E-state index is 0.113. The van der Waals surface area contributed by atoms with Gasteiger partial charge < -0.3 is 31.1 Å². The number of urea groups is 1. The number of ether oxygens (including phenoxy) is 1. The standard InChI is InChI=1S/C28H30N8O5S/c1-3-41-28(39)36-42(40)23-10-8-20(9-11-23)32-26-30-16-24(25(35-26)31-18(2)17-37)19-4-6-21(7-5-19)33-27(38)34-22-12-14-29-15-13-22/h4-16,18,37,42H,3,17H2,1-2H3,(H2,29,33,34,38)(H2,30,31,32,35). The van der Waals surface area contributed by atoms with Crippen LogP contribution in [0.15, 0.2) is 88.5 Å². The molecular formula is C28H30N8O5S. The number of anilines is 5. The van der Waals surface area contributed by atoms with Gasteiger partial charge in [0.25, 0.3) is 0 Å². The van der Waals surface area contributed by atoms with Crippen molar-refractivity contribution < 1.29 is 23.6 Å². The molecule has 14 heteroatoms. The molecular weight excluding hydrogens is 560 g/mol. The molecule has 4 aromatic rings. The molecule has 218 valence electrons. The lowest BCUT2D eigenvalue weighted by Gasteiger charge is -2.17. The number of aliphatic hydroxyl groups excluding tert-OH is 1. The first-order valence-corrected chi connectivity index (χ1v) is 14.1. The third-order valence-electron chi connectivity index (χ3n) is 5.62. The second-order valence-corrected chi connectivity index (χ2v) is 10.1. The van der Waals surface area contributed by atoms with E-state index in [1.54, 1.807) is 74.0 Å². The number of amides is 3. The summed E-state index contributed by atoms with van der Waals surface area (Å²) in [4.78, 5) is 37.1. The summed E-state index contributed by atoms with van der Waals surface area (Å²) in [6, 6.07) is 16.4. The van der Waals surface area contributed by atoms with Crippen LogP contribution in [-0.2, 0) is 15.3 Å². The second kappa shape index (κ2) is 14.5. The third kappa shape index (κ3) is 8.46. The molecule has 2 aromatic carbocycles. The van der Waals surface area contributed by atoms with Gasteiger partial charge in [0, 0.05) is 52.2 Å². The highest BCUT2D eigenvalue weighted by molar-refractivity contribution is 7.75. The lowest BCUT2D eigenvalue weighted by molar-refractivity contribution is 0.164. The highest BCUT2D eigenvalue weighted by atomic mass is 32.2. The van der Waals surface area contributed by atoms with Crippen molar-refractivity contribution in [3.8, 4) is 11.1 Å². The number of hydrogen-bond donors (Lipinski definition) is 6. The summed E-state index contributed by atoms with van der Waals surface area (Å²) >= 11 is 0. The van der Waals surface area contributed by atoms with E-state index in [0.717, 1.165) is 5.56 Å². The number of hydrogen-bond acceptors (Lipinski definition) is 10. The van der Waals surface area contributed by atoms with Crippen molar-refractivity contribution in [1.29, 1.82) is 0 Å². The van der Waals surface area contributed by atoms with Crippen molar-refractivity contribution in [2.75, 3.05) is 34.5 Å². The van der Waals surface area contributed by atoms with Gasteiger partial charge in [0.1, 0.15) is 5.82 Å². The molecule has 5 N–H and O–H groups in total. The van der Waals surface area contributed by atoms with Gasteiger partial charge in [-0.25, -0.2) is 18.8 Å². The molecule has 0 aliphatic carbocycles. The van der Waals surface area contributed by atoms with Gasteiger partial charge in [-0.3, -0.25) is 4.98 Å². The fourth-order valence-corrected chi connectivity index (χ4v) is 4.32. The fourth-order valence-electron chi connectivity index (χ4n) is 3.59. The van der Waals surface area contributed by atoms with E-state index in [1.807, 2.05) is 19.1 Å². The highest BCUT2D eigenvalue weighted by Crippen LogP contribution is 2.29. The monoisotopic (exact) mass is 590 g/mol. The second-order valence-electron chi connectivity index (χ2n) is 8.82. The molecule has 0 aliphatic heterocycles. The van der Waals surface area contributed by atoms with Crippen LogP contribution in [0.4, 0.5) is 38.4 Å². The zero-order chi connectivity index (χ0) is 29.9. The zero-order valence-electron chi connectivity index (χ0n) is 22.8. The van der Waals surface area contributed by atoms with Gasteiger partial charge >= 0.3 is 12.1 Å². The van der Waals surface area contributed by atoms with Crippen molar-refractivity contribution in [2.24, 2.45) is 4.36 Å². The number of benzene rings is 2. The van der Waals surface area contributed by atoms with Crippen LogP contribution >= 0.6 is 0 Å². The Labute approximate surface area is 244 Å². The van der Waals surface area contributed by atoms with Crippen LogP contribution < -0.4 is 21.3 Å². The third-order valence-corrected chi connectivity index (χ3v) is 6.71. The summed E-state index contributed by atoms with van der Waals surface area (Å²) in [6.45, 7) is 3.49. The van der Waals surface area contributed by atoms with Gasteiger partial charge in [0.05, 0.1) is 23.8 Å². The zero-order valence-corrected chi connectivity index (χ0v) is 23.7. The van der Waals surface area contributed by atoms with Crippen LogP contribution in [-0.4, -0.2) is 55.6 Å². The molecule has 3 amide bonds. The van der Waals surface area contributed by atoms with Gasteiger partial charge in [-0.05, 0) is 67.9 Å². The van der Waals surface area contributed by atoms with E-state index < -0.39 is 16.7 Å². The van der Waals surface area contributed by atoms with Gasteiger partial charge in [-0.15, -0.1) is 4.36 Å². The minimum atomic E-state index is -2.29. The number of nitrogens with zero attached hydrogens (tertiary/aromatic N) is 4. The van der Waals surface area contributed by atoms with E-state index in [2.05, 4.69) is 40.6 Å². The topological polar surface area (TPSA) is 180 Å². The Morgan fingerprint density at radius 1 is 0.976 bits per heavy atom. The SMILES string of the molecule is CCOC(=O)N=[SH](=O)c1ccc(Nc2ncc(-c3ccc(NC(=O)Nc4ccncc4)cc3)c(NC(C)CO)n2)cc1. The molecule has 2 atom stereocenters. The van der Waals surface area contributed by atoms with Gasteiger partial charge in [-0.1, -0.05) is 12.1 Å². The largest absolute Gasteiger partial charge is 0.448 e. The van der Waals surface area contributed by atoms with Crippen molar-refractivity contribution in [3.05, 3.63) is 79.3 Å². The van der Waals surface area contributed by atoms with Crippen LogP contribution in [0.25, 0.3) is 11.1 Å². The predicted molar refractivity (Wildman–Crippen MR) is 161 cm³/mol. The number of rotatable bonds is 10. The molecule has 2 unspecified atom stereocenters. The van der Waals surface area contributed by atoms with E-state index in [4.69, 9.17) is 4.74 Å². The maximum Gasteiger partial charge on any atom is 0.441 e. The molecule has 0 aliphatic rings. The molecule has 0 bridgehead atoms. The summed E-state index contributed by atoms with van der Waals surface area (Å²) in [5, 5.41) is 21.4. The fraction of sp³-hybridized carbons (Fsp3) is 0.179. The lowest BCUT2D eigenvalue weighted by Crippen LogP contribution is -2.21. The number of thiol groups is 1. The number of carbonyl (C=O) groups is 2. The van der Waals surface area contributed by atoms with E-state index in [-0.39, 0.29) is 31.2 Å². The lowest BCUT2D eigenvalue weighted by atomic mass is 10.1. The predicted octanol–water partition coefficient (Wildman–Crippen LogP) is 4.90. The summed E-state index contributed by atoms with van der Waals surface area (Å²) in [5.41, 5.74) is 3.29. The Kier molecular flexibility index (Phi) is 10.3. The molecule has 2 heterocycles. The number of aromatic nitrogens is 3. The normalized spacial score (nSPS) is 12.2. The van der Waals surface area contributed by atoms with E-state index in [0.29, 0.717) is 33.3 Å². The molecule has 2 aromatic heterocycles. The van der Waals surface area contributed by atoms with Crippen LogP contribution in [0.1, 0.15) is 13.8 Å². The first-order valence-electron chi connectivity index (χ1n) is 12.9. The summed E-state index contributed by atoms with van der Waals surface area (Å²) in [6.07, 6.45) is 3.94. The van der Waals surface area contributed by atoms with Crippen molar-refractivity contribution in [3.63, 3.8) is 0 Å². The Morgan fingerprint density at radius 2 is 1.62 bits per heavy atom. The molecule has 4 rings (SSSR count). The Morgan fingerprint density at radius 3 is 2.26 bits per heavy atom. The molecule has 0 spiro atoms. The molecule has 0 fully saturated rings. The van der Waals surface area contributed by atoms with Gasteiger partial charge in [0.15, 0.2) is 0 Å². The molecule has 0 saturated heterocycles. The maximum absolute atomic E-state index is 12.3. The van der Waals surface area contributed by atoms with Crippen LogP contribution in [0, 0.1) is 0 Å². The Balaban J connectivity index is 1.49. The average molecular weight is 591 g/mol. The Bertz CT molecular complexity index is 1600. The quantitative estimate of drug-likeness (QED) is 0.139. The highest BCUT2D eigenvalue weighted by Gasteiger charge is 2.13. The first-order chi connectivity index (χ1) is 20.3. The van der Waals surface area contributed by atoms with E-state index >= 15 is 0 Å². The molecule has 0 saturated carbocycles. The van der Waals surface area contributed by atoms with E-state index in [9.17, 15) is 18.9 Å². The van der Waals surface area contributed by atoms with Gasteiger partial charge in [0.2, 0.25) is 5.95 Å². The maximum atomic E-state index is 12.3. The molecule has 13 nitrogen and oxygen atoms in total. The van der Waals surface area contributed by atoms with Crippen molar-refractivity contribution >= 4 is 51.5 Å². The van der Waals surface area contributed by atoms with Crippen LogP contribution in [0.2, 0.25) is 0 Å². The number of aliphatic hydroxyl groups is 1. The number of pyridine rings is 1. The summed E-state index contributed by atoms with van der Waals surface area (Å²) < 4.78 is 20.5. The van der Waals surface area contributed by atoms with E-state index in [1.165, 1.54) is 0 Å². The van der Waals surface area contributed by atoms with Crippen LogP contribution in [0.3, 0.4) is 0 Å². The van der Waals surface area contributed by atoms with Crippen molar-refractivity contribution in [2.45, 2.75) is 24.8 Å². The average Bonchev–Trinajstić information content (AvgIpc) is 2.98. The van der Waals surface area contributed by atoms with Gasteiger partial charge in [-0.2, -0.15) is 4.98 Å². The summed E-state index contributed by atoms with van der Waals surface area (Å²) in [7, 11) is -2.29. The summed E-state index contributed by atoms with van der Waals surface area (Å²) in [5.74, 6) is 0.768. The Hall–Kier alpha value is -5.08. The molecule has 0 radical (unpaired) electrons. The number of nitrogens with one attached hydrogen (secondary N) is 4. The molecule has 42 heavy (non-hydrogen) atoms. The number of carbonyl (C=O) groups excluding carboxylic acids is 2. The van der Waals surface area contributed by atoms with Crippen LogP contribution in [0.5, 0.6) is 0 Å². The first kappa shape index (κ1) is 29.9. The minimum Gasteiger partial charge on any atom is -0.448 e. The van der Waals surface area contributed by atoms with Crippen molar-refractivity contribution in [1.82, 2.24) is 15.0 Å². The smallest absolute Gasteiger partial charge is 0.441 e.